The van der Waals surface area contributed by atoms with Crippen LogP contribution in [-0.2, 0) is 14.3 Å². The molecule has 3 heterocycles. The summed E-state index contributed by atoms with van der Waals surface area (Å²) in [4.78, 5) is 39.3. The van der Waals surface area contributed by atoms with Crippen molar-refractivity contribution in [3.63, 3.8) is 0 Å². The van der Waals surface area contributed by atoms with Crippen LogP contribution in [0.1, 0.15) is 51.5 Å². The van der Waals surface area contributed by atoms with Gasteiger partial charge in [0, 0.05) is 51.6 Å². The minimum atomic E-state index is -2.98. The van der Waals surface area contributed by atoms with Crippen LogP contribution in [0.3, 0.4) is 0 Å². The Morgan fingerprint density at radius 3 is 2.45 bits per heavy atom. The lowest BCUT2D eigenvalue weighted by Gasteiger charge is -2.42. The number of benzene rings is 1. The van der Waals surface area contributed by atoms with Crippen molar-refractivity contribution in [2.45, 2.75) is 57.5 Å². The Bertz CT molecular complexity index is 1060. The van der Waals surface area contributed by atoms with Gasteiger partial charge in [-0.2, -0.15) is 0 Å². The Kier molecular flexibility index (Phi) is 8.22. The molecule has 2 N–H and O–H groups in total. The lowest BCUT2D eigenvalue weighted by atomic mass is 9.90. The van der Waals surface area contributed by atoms with Crippen LogP contribution < -0.4 is 15.6 Å². The molecule has 1 aromatic rings. The number of hydrogen-bond acceptors (Lipinski definition) is 7. The van der Waals surface area contributed by atoms with Gasteiger partial charge in [0.05, 0.1) is 18.2 Å². The van der Waals surface area contributed by atoms with Crippen LogP contribution >= 0.6 is 0 Å². The molecule has 38 heavy (non-hydrogen) atoms. The molecule has 4 rings (SSSR count). The summed E-state index contributed by atoms with van der Waals surface area (Å²) in [7, 11) is 0. The van der Waals surface area contributed by atoms with E-state index in [9.17, 15) is 27.6 Å². The van der Waals surface area contributed by atoms with Crippen LogP contribution in [0.25, 0.3) is 0 Å². The molecule has 2 atom stereocenters. The van der Waals surface area contributed by atoms with E-state index >= 15 is 0 Å². The van der Waals surface area contributed by atoms with Gasteiger partial charge in [0.25, 0.3) is 5.92 Å². The summed E-state index contributed by atoms with van der Waals surface area (Å²) >= 11 is 0. The van der Waals surface area contributed by atoms with Crippen molar-refractivity contribution in [3.8, 4) is 0 Å². The molecule has 3 amide bonds. The molecule has 0 saturated carbocycles. The van der Waals surface area contributed by atoms with Crippen molar-refractivity contribution in [2.24, 2.45) is 5.92 Å². The molecule has 9 nitrogen and oxygen atoms in total. The third-order valence-corrected chi connectivity index (χ3v) is 7.20. The van der Waals surface area contributed by atoms with E-state index in [0.717, 1.165) is 0 Å². The number of anilines is 1. The second-order valence-corrected chi connectivity index (χ2v) is 11.3. The molecule has 3 fully saturated rings. The highest BCUT2D eigenvalue weighted by Gasteiger charge is 2.46. The number of imide groups is 1. The van der Waals surface area contributed by atoms with Gasteiger partial charge in [0.15, 0.2) is 0 Å². The lowest BCUT2D eigenvalue weighted by Crippen LogP contribution is -2.58. The first-order valence-corrected chi connectivity index (χ1v) is 13.0. The maximum atomic E-state index is 15.0. The minimum absolute atomic E-state index is 0.220. The highest BCUT2D eigenvalue weighted by molar-refractivity contribution is 6.00. The van der Waals surface area contributed by atoms with E-state index in [-0.39, 0.29) is 25.3 Å². The van der Waals surface area contributed by atoms with Gasteiger partial charge in [-0.3, -0.25) is 25.2 Å². The Balaban J connectivity index is 1.27. The van der Waals surface area contributed by atoms with Crippen molar-refractivity contribution in [3.05, 3.63) is 29.6 Å². The number of alkyl halides is 2. The average Bonchev–Trinajstić information content (AvgIpc) is 2.80. The first-order valence-electron chi connectivity index (χ1n) is 13.0. The molecule has 0 aromatic heterocycles. The topological polar surface area (TPSA) is 94.2 Å². The van der Waals surface area contributed by atoms with Gasteiger partial charge in [0.1, 0.15) is 11.4 Å². The maximum Gasteiger partial charge on any atom is 0.422 e. The summed E-state index contributed by atoms with van der Waals surface area (Å²) in [6.07, 6.45) is 0.0441. The molecule has 3 aliphatic heterocycles. The quantitative estimate of drug-likeness (QED) is 0.556. The molecule has 2 unspecified atom stereocenters. The number of carbonyl (C=O) groups is 3. The Morgan fingerprint density at radius 2 is 1.84 bits per heavy atom. The minimum Gasteiger partial charge on any atom is -0.443 e. The van der Waals surface area contributed by atoms with Gasteiger partial charge in [-0.05, 0) is 51.3 Å². The molecule has 1 aromatic carbocycles. The first kappa shape index (κ1) is 28.2. The first-order chi connectivity index (χ1) is 17.8. The molecule has 3 saturated heterocycles. The average molecular weight is 540 g/mol. The van der Waals surface area contributed by atoms with Crippen LogP contribution in [0.2, 0.25) is 0 Å². The fraction of sp³-hybridized carbons (Fsp3) is 0.654. The fourth-order valence-electron chi connectivity index (χ4n) is 5.23. The summed E-state index contributed by atoms with van der Waals surface area (Å²) in [5.74, 6) is -5.57. The van der Waals surface area contributed by atoms with Crippen molar-refractivity contribution in [1.29, 1.82) is 0 Å². The zero-order valence-electron chi connectivity index (χ0n) is 22.1. The molecule has 210 valence electrons. The van der Waals surface area contributed by atoms with E-state index in [2.05, 4.69) is 10.7 Å². The molecule has 12 heteroatoms. The monoisotopic (exact) mass is 539 g/mol. The van der Waals surface area contributed by atoms with Crippen molar-refractivity contribution < 1.29 is 32.3 Å². The molecule has 0 radical (unpaired) electrons. The second kappa shape index (κ2) is 11.1. The molecular weight excluding hydrogens is 503 g/mol. The summed E-state index contributed by atoms with van der Waals surface area (Å²) in [5.41, 5.74) is 2.64. The summed E-state index contributed by atoms with van der Waals surface area (Å²) in [6.45, 7) is 7.05. The van der Waals surface area contributed by atoms with Gasteiger partial charge in [-0.1, -0.05) is 6.07 Å². The predicted molar refractivity (Wildman–Crippen MR) is 134 cm³/mol. The van der Waals surface area contributed by atoms with Gasteiger partial charge in [-0.15, -0.1) is 0 Å². The number of hydrazine groups is 1. The van der Waals surface area contributed by atoms with Crippen LogP contribution in [0, 0.1) is 11.7 Å². The van der Waals surface area contributed by atoms with E-state index in [1.165, 1.54) is 11.1 Å². The number of nitrogens with one attached hydrogen (secondary N) is 2. The highest BCUT2D eigenvalue weighted by atomic mass is 19.3. The largest absolute Gasteiger partial charge is 0.443 e. The van der Waals surface area contributed by atoms with E-state index in [1.807, 2.05) is 9.80 Å². The maximum absolute atomic E-state index is 15.0. The van der Waals surface area contributed by atoms with Gasteiger partial charge < -0.3 is 9.64 Å². The third-order valence-electron chi connectivity index (χ3n) is 7.20. The number of rotatable bonds is 5. The number of nitrogens with zero attached hydrogens (tertiary/aromatic N) is 3. The van der Waals surface area contributed by atoms with Crippen molar-refractivity contribution in [1.82, 2.24) is 20.7 Å². The molecule has 0 spiro atoms. The summed E-state index contributed by atoms with van der Waals surface area (Å²) in [5, 5.41) is 3.50. The van der Waals surface area contributed by atoms with Gasteiger partial charge in [0.2, 0.25) is 11.8 Å². The number of hydrogen-bond donors (Lipinski definition) is 2. The summed E-state index contributed by atoms with van der Waals surface area (Å²) in [6, 6.07) is 4.71. The van der Waals surface area contributed by atoms with E-state index in [1.54, 1.807) is 32.9 Å². The van der Waals surface area contributed by atoms with Gasteiger partial charge in [-0.25, -0.2) is 23.0 Å². The van der Waals surface area contributed by atoms with E-state index in [0.29, 0.717) is 50.4 Å². The zero-order chi connectivity index (χ0) is 27.7. The standard InChI is InChI=1S/C26H36F3N5O4/c1-25(2,3)38-24(37)31-34-9-8-18(26(28,29)16-34)15-32-10-12-33(13-11-32)21-6-4-17(14-20(21)27)19-5-7-22(35)30-23(19)36/h4,6,14,18-19H,5,7-13,15-16H2,1-3H3,(H,31,37)(H,30,35,36). The number of ether oxygens (including phenoxy) is 1. The second-order valence-electron chi connectivity index (χ2n) is 11.3. The highest BCUT2D eigenvalue weighted by Crippen LogP contribution is 2.34. The number of halogens is 3. The molecule has 0 bridgehead atoms. The Labute approximate surface area is 220 Å². The number of piperidine rings is 2. The fourth-order valence-corrected chi connectivity index (χ4v) is 5.23. The Morgan fingerprint density at radius 1 is 1.13 bits per heavy atom. The Hall–Kier alpha value is -2.86. The SMILES string of the molecule is CC(C)(C)OC(=O)NN1CCC(CN2CCN(c3ccc(C4CCC(=O)NC4=O)cc3F)CC2)C(F)(F)C1. The van der Waals surface area contributed by atoms with Crippen LogP contribution in [-0.4, -0.2) is 85.2 Å². The number of carbonyl (C=O) groups excluding carboxylic acids is 3. The van der Waals surface area contributed by atoms with E-state index in [4.69, 9.17) is 4.74 Å². The van der Waals surface area contributed by atoms with Crippen LogP contribution in [0.4, 0.5) is 23.7 Å². The van der Waals surface area contributed by atoms with Crippen molar-refractivity contribution >= 4 is 23.6 Å². The van der Waals surface area contributed by atoms with E-state index < -0.39 is 47.7 Å². The zero-order valence-corrected chi connectivity index (χ0v) is 22.1. The normalized spacial score (nSPS) is 25.2. The predicted octanol–water partition coefficient (Wildman–Crippen LogP) is 2.86. The van der Waals surface area contributed by atoms with Crippen molar-refractivity contribution in [2.75, 3.05) is 50.7 Å². The molecular formula is C26H36F3N5O4. The molecule has 0 aliphatic carbocycles. The van der Waals surface area contributed by atoms with Crippen LogP contribution in [0.5, 0.6) is 0 Å². The van der Waals surface area contributed by atoms with Crippen LogP contribution in [0.15, 0.2) is 18.2 Å². The lowest BCUT2D eigenvalue weighted by molar-refractivity contribution is -0.134. The third kappa shape index (κ3) is 6.96. The molecule has 3 aliphatic rings. The number of piperazine rings is 1. The smallest absolute Gasteiger partial charge is 0.422 e. The number of amides is 3. The van der Waals surface area contributed by atoms with Gasteiger partial charge >= 0.3 is 6.09 Å². The summed E-state index contributed by atoms with van der Waals surface area (Å²) < 4.78 is 50.0.